The molecule has 21 heavy (non-hydrogen) atoms. The summed E-state index contributed by atoms with van der Waals surface area (Å²) in [6, 6.07) is 4.75. The molecule has 5 nitrogen and oxygen atoms in total. The molecule has 0 spiro atoms. The molecule has 0 radical (unpaired) electrons. The highest BCUT2D eigenvalue weighted by Gasteiger charge is 2.28. The summed E-state index contributed by atoms with van der Waals surface area (Å²) in [7, 11) is -3.18. The lowest BCUT2D eigenvalue weighted by molar-refractivity contribution is -0.115. The summed E-state index contributed by atoms with van der Waals surface area (Å²) in [5, 5.41) is 2.82. The fourth-order valence-electron chi connectivity index (χ4n) is 2.51. The number of nitrogen functional groups attached to an aromatic ring is 1. The number of rotatable bonds is 5. The Morgan fingerprint density at radius 3 is 2.62 bits per heavy atom. The Kier molecular flexibility index (Phi) is 5.11. The third-order valence-corrected chi connectivity index (χ3v) is 6.21. The van der Waals surface area contributed by atoms with E-state index in [9.17, 15) is 13.2 Å². The number of nitrogens with two attached hydrogens (primary N) is 1. The lowest BCUT2D eigenvalue weighted by atomic mass is 10.2. The first-order chi connectivity index (χ1) is 9.88. The smallest absolute Gasteiger partial charge is 0.225 e. The first-order valence-corrected chi connectivity index (χ1v) is 9.04. The predicted molar refractivity (Wildman–Crippen MR) is 85.2 cm³/mol. The van der Waals surface area contributed by atoms with E-state index >= 15 is 0 Å². The van der Waals surface area contributed by atoms with Gasteiger partial charge < -0.3 is 11.1 Å². The van der Waals surface area contributed by atoms with Crippen LogP contribution in [0.5, 0.6) is 0 Å². The summed E-state index contributed by atoms with van der Waals surface area (Å²) in [5.74, 6) is -0.470. The molecule has 1 amide bonds. The molecule has 0 aromatic heterocycles. The zero-order valence-corrected chi connectivity index (χ0v) is 13.2. The number of sulfone groups is 1. The molecule has 0 atom stereocenters. The van der Waals surface area contributed by atoms with E-state index in [2.05, 4.69) is 5.32 Å². The highest BCUT2D eigenvalue weighted by atomic mass is 35.5. The minimum Gasteiger partial charge on any atom is -0.397 e. The molecular formula is C14H19ClN2O3S. The van der Waals surface area contributed by atoms with E-state index in [1.165, 1.54) is 6.07 Å². The van der Waals surface area contributed by atoms with Crippen LogP contribution in [0.1, 0.15) is 32.1 Å². The van der Waals surface area contributed by atoms with Crippen molar-refractivity contribution in [2.75, 3.05) is 16.8 Å². The maximum absolute atomic E-state index is 12.1. The van der Waals surface area contributed by atoms with Crippen LogP contribution in [-0.2, 0) is 14.6 Å². The lowest BCUT2D eigenvalue weighted by Gasteiger charge is -2.11. The van der Waals surface area contributed by atoms with Crippen molar-refractivity contribution in [2.24, 2.45) is 0 Å². The van der Waals surface area contributed by atoms with Crippen LogP contribution in [0.25, 0.3) is 0 Å². The van der Waals surface area contributed by atoms with Gasteiger partial charge in [0, 0.05) is 11.4 Å². The predicted octanol–water partition coefficient (Wildman–Crippen LogP) is 2.61. The summed E-state index contributed by atoms with van der Waals surface area (Å²) in [6.07, 6.45) is 3.29. The molecule has 0 unspecified atom stereocenters. The van der Waals surface area contributed by atoms with Crippen LogP contribution in [0.2, 0.25) is 5.02 Å². The Labute approximate surface area is 129 Å². The first-order valence-electron chi connectivity index (χ1n) is 6.95. The minimum atomic E-state index is -3.18. The number of hydrogen-bond acceptors (Lipinski definition) is 4. The zero-order valence-electron chi connectivity index (χ0n) is 11.6. The summed E-state index contributed by atoms with van der Waals surface area (Å²) in [4.78, 5) is 11.8. The van der Waals surface area contributed by atoms with Gasteiger partial charge in [0.25, 0.3) is 0 Å². The van der Waals surface area contributed by atoms with Gasteiger partial charge in [0.15, 0.2) is 9.84 Å². The van der Waals surface area contributed by atoms with Gasteiger partial charge in [-0.25, -0.2) is 8.42 Å². The average molecular weight is 331 g/mol. The van der Waals surface area contributed by atoms with Crippen molar-refractivity contribution in [3.63, 3.8) is 0 Å². The standard InChI is InChI=1S/C14H19ClN2O3S/c15-10-5-6-13(12(16)9-10)17-14(18)7-8-21(19,20)11-3-1-2-4-11/h5-6,9,11H,1-4,7-8,16H2,(H,17,18). The first kappa shape index (κ1) is 16.1. The monoisotopic (exact) mass is 330 g/mol. The fourth-order valence-corrected chi connectivity index (χ4v) is 4.54. The topological polar surface area (TPSA) is 89.3 Å². The second-order valence-corrected chi connectivity index (χ2v) is 8.14. The van der Waals surface area contributed by atoms with Crippen LogP contribution in [-0.4, -0.2) is 25.3 Å². The minimum absolute atomic E-state index is 0.0547. The maximum Gasteiger partial charge on any atom is 0.225 e. The van der Waals surface area contributed by atoms with Crippen LogP contribution in [0.4, 0.5) is 11.4 Å². The maximum atomic E-state index is 12.1. The van der Waals surface area contributed by atoms with Crippen LogP contribution < -0.4 is 11.1 Å². The van der Waals surface area contributed by atoms with Gasteiger partial charge in [-0.1, -0.05) is 24.4 Å². The highest BCUT2D eigenvalue weighted by molar-refractivity contribution is 7.92. The Bertz CT molecular complexity index is 625. The second kappa shape index (κ2) is 6.66. The van der Waals surface area contributed by atoms with E-state index in [-0.39, 0.29) is 23.3 Å². The van der Waals surface area contributed by atoms with Crippen molar-refractivity contribution in [3.8, 4) is 0 Å². The van der Waals surface area contributed by atoms with Gasteiger partial charge >= 0.3 is 0 Å². The molecule has 0 bridgehead atoms. The van der Waals surface area contributed by atoms with Crippen molar-refractivity contribution in [2.45, 2.75) is 37.4 Å². The van der Waals surface area contributed by atoms with E-state index in [0.717, 1.165) is 12.8 Å². The summed E-state index contributed by atoms with van der Waals surface area (Å²) < 4.78 is 24.2. The molecule has 0 heterocycles. The summed E-state index contributed by atoms with van der Waals surface area (Å²) >= 11 is 5.78. The zero-order chi connectivity index (χ0) is 15.5. The van der Waals surface area contributed by atoms with Crippen LogP contribution in [0, 0.1) is 0 Å². The fraction of sp³-hybridized carbons (Fsp3) is 0.500. The Morgan fingerprint density at radius 1 is 1.33 bits per heavy atom. The molecule has 1 aromatic carbocycles. The highest BCUT2D eigenvalue weighted by Crippen LogP contribution is 2.26. The molecule has 1 fully saturated rings. The molecular weight excluding hydrogens is 312 g/mol. The van der Waals surface area contributed by atoms with Crippen molar-refractivity contribution < 1.29 is 13.2 Å². The molecule has 1 saturated carbocycles. The van der Waals surface area contributed by atoms with Gasteiger partial charge in [-0.2, -0.15) is 0 Å². The summed E-state index contributed by atoms with van der Waals surface area (Å²) in [5.41, 5.74) is 6.54. The Balaban J connectivity index is 1.90. The number of nitrogens with one attached hydrogen (secondary N) is 1. The summed E-state index contributed by atoms with van der Waals surface area (Å²) in [6.45, 7) is 0. The van der Waals surface area contributed by atoms with Crippen molar-refractivity contribution >= 4 is 38.7 Å². The van der Waals surface area contributed by atoms with Gasteiger partial charge in [-0.05, 0) is 31.0 Å². The molecule has 1 aliphatic carbocycles. The molecule has 2 rings (SSSR count). The number of halogens is 1. The molecule has 1 aliphatic rings. The van der Waals surface area contributed by atoms with Gasteiger partial charge in [0.05, 0.1) is 22.4 Å². The third-order valence-electron chi connectivity index (χ3n) is 3.71. The Hall–Kier alpha value is -1.27. The normalized spacial score (nSPS) is 16.0. The number of amides is 1. The molecule has 116 valence electrons. The van der Waals surface area contributed by atoms with Gasteiger partial charge in [0.2, 0.25) is 5.91 Å². The lowest BCUT2D eigenvalue weighted by Crippen LogP contribution is -2.24. The number of carbonyl (C=O) groups excluding carboxylic acids is 1. The van der Waals surface area contributed by atoms with Crippen LogP contribution in [0.15, 0.2) is 18.2 Å². The third kappa shape index (κ3) is 4.35. The molecule has 0 aliphatic heterocycles. The van der Waals surface area contributed by atoms with E-state index < -0.39 is 9.84 Å². The van der Waals surface area contributed by atoms with E-state index in [1.807, 2.05) is 0 Å². The van der Waals surface area contributed by atoms with Crippen molar-refractivity contribution in [1.29, 1.82) is 0 Å². The van der Waals surface area contributed by atoms with Crippen LogP contribution in [0.3, 0.4) is 0 Å². The van der Waals surface area contributed by atoms with Crippen LogP contribution >= 0.6 is 11.6 Å². The molecule has 3 N–H and O–H groups in total. The largest absolute Gasteiger partial charge is 0.397 e. The number of carbonyl (C=O) groups is 1. The molecule has 0 saturated heterocycles. The van der Waals surface area contributed by atoms with Crippen molar-refractivity contribution in [1.82, 2.24) is 0 Å². The average Bonchev–Trinajstić information content (AvgIpc) is 2.95. The molecule has 7 heteroatoms. The molecule has 1 aromatic rings. The van der Waals surface area contributed by atoms with Gasteiger partial charge in [-0.3, -0.25) is 4.79 Å². The number of benzene rings is 1. The number of hydrogen-bond donors (Lipinski definition) is 2. The SMILES string of the molecule is Nc1cc(Cl)ccc1NC(=O)CCS(=O)(=O)C1CCCC1. The van der Waals surface area contributed by atoms with Gasteiger partial charge in [-0.15, -0.1) is 0 Å². The quantitative estimate of drug-likeness (QED) is 0.812. The van der Waals surface area contributed by atoms with E-state index in [1.54, 1.807) is 12.1 Å². The van der Waals surface area contributed by atoms with E-state index in [0.29, 0.717) is 29.2 Å². The van der Waals surface area contributed by atoms with Gasteiger partial charge in [0.1, 0.15) is 0 Å². The number of anilines is 2. The van der Waals surface area contributed by atoms with Crippen molar-refractivity contribution in [3.05, 3.63) is 23.2 Å². The second-order valence-electron chi connectivity index (χ2n) is 5.30. The van der Waals surface area contributed by atoms with E-state index in [4.69, 9.17) is 17.3 Å². The Morgan fingerprint density at radius 2 is 2.00 bits per heavy atom.